The van der Waals surface area contributed by atoms with Crippen molar-refractivity contribution in [2.75, 3.05) is 5.75 Å². The predicted molar refractivity (Wildman–Crippen MR) is 109 cm³/mol. The van der Waals surface area contributed by atoms with E-state index < -0.39 is 0 Å². The van der Waals surface area contributed by atoms with Gasteiger partial charge >= 0.3 is 0 Å². The number of hydrogen-bond donors (Lipinski definition) is 1. The summed E-state index contributed by atoms with van der Waals surface area (Å²) >= 11 is 8.67. The van der Waals surface area contributed by atoms with Gasteiger partial charge in [0.25, 0.3) is 5.56 Å². The van der Waals surface area contributed by atoms with Crippen LogP contribution in [0.5, 0.6) is 0 Å². The lowest BCUT2D eigenvalue weighted by Gasteiger charge is -2.20. The van der Waals surface area contributed by atoms with Crippen LogP contribution in [0.4, 0.5) is 0 Å². The van der Waals surface area contributed by atoms with E-state index in [0.29, 0.717) is 26.1 Å². The fourth-order valence-corrected chi connectivity index (χ4v) is 4.17. The van der Waals surface area contributed by atoms with Gasteiger partial charge in [-0.15, -0.1) is 11.3 Å². The van der Waals surface area contributed by atoms with Crippen molar-refractivity contribution in [2.24, 2.45) is 0 Å². The van der Waals surface area contributed by atoms with Crippen molar-refractivity contribution in [1.82, 2.24) is 14.9 Å². The summed E-state index contributed by atoms with van der Waals surface area (Å²) in [4.78, 5) is 29.7. The van der Waals surface area contributed by atoms with Crippen LogP contribution < -0.4 is 10.9 Å². The van der Waals surface area contributed by atoms with Crippen molar-refractivity contribution in [3.8, 4) is 5.69 Å². The molecule has 136 valence electrons. The maximum atomic E-state index is 13.0. The minimum atomic E-state index is -0.311. The van der Waals surface area contributed by atoms with E-state index in [4.69, 9.17) is 11.6 Å². The van der Waals surface area contributed by atoms with Gasteiger partial charge in [0.2, 0.25) is 5.91 Å². The van der Waals surface area contributed by atoms with Crippen LogP contribution in [0.3, 0.4) is 0 Å². The number of thiophene rings is 1. The van der Waals surface area contributed by atoms with Crippen LogP contribution in [0.2, 0.25) is 5.02 Å². The van der Waals surface area contributed by atoms with Gasteiger partial charge in [-0.05, 0) is 50.4 Å². The number of rotatable bonds is 4. The molecule has 0 aliphatic carbocycles. The molecule has 0 radical (unpaired) electrons. The minimum Gasteiger partial charge on any atom is -0.351 e. The van der Waals surface area contributed by atoms with E-state index in [0.717, 1.165) is 0 Å². The Balaban J connectivity index is 2.02. The van der Waals surface area contributed by atoms with Gasteiger partial charge in [0, 0.05) is 10.6 Å². The molecular weight excluding hydrogens is 390 g/mol. The largest absolute Gasteiger partial charge is 0.351 e. The first-order chi connectivity index (χ1) is 12.2. The topological polar surface area (TPSA) is 64.0 Å². The number of benzene rings is 1. The minimum absolute atomic E-state index is 0.111. The van der Waals surface area contributed by atoms with E-state index >= 15 is 0 Å². The number of nitrogens with zero attached hydrogens (tertiary/aromatic N) is 2. The number of aromatic nitrogens is 2. The van der Waals surface area contributed by atoms with Crippen molar-refractivity contribution in [2.45, 2.75) is 31.5 Å². The highest BCUT2D eigenvalue weighted by atomic mass is 35.5. The third-order valence-corrected chi connectivity index (χ3v) is 5.43. The van der Waals surface area contributed by atoms with Gasteiger partial charge in [-0.3, -0.25) is 14.2 Å². The van der Waals surface area contributed by atoms with Gasteiger partial charge in [-0.25, -0.2) is 4.98 Å². The summed E-state index contributed by atoms with van der Waals surface area (Å²) in [5.41, 5.74) is 0.793. The Morgan fingerprint density at radius 2 is 2.12 bits per heavy atom. The van der Waals surface area contributed by atoms with Crippen LogP contribution in [0, 0.1) is 0 Å². The monoisotopic (exact) mass is 407 g/mol. The average Bonchev–Trinajstić information content (AvgIpc) is 3.00. The molecule has 2 heterocycles. The maximum Gasteiger partial charge on any atom is 0.276 e. The van der Waals surface area contributed by atoms with Crippen molar-refractivity contribution >= 4 is 50.8 Å². The van der Waals surface area contributed by atoms with E-state index in [1.807, 2.05) is 32.2 Å². The Kier molecular flexibility index (Phi) is 5.41. The molecule has 0 saturated carbocycles. The molecule has 0 atom stereocenters. The highest BCUT2D eigenvalue weighted by molar-refractivity contribution is 7.99. The summed E-state index contributed by atoms with van der Waals surface area (Å²) in [5.74, 6) is 0.0553. The molecule has 0 aliphatic heterocycles. The number of halogens is 1. The Morgan fingerprint density at radius 3 is 2.81 bits per heavy atom. The summed E-state index contributed by atoms with van der Waals surface area (Å²) in [6, 6.07) is 8.85. The van der Waals surface area contributed by atoms with Crippen molar-refractivity contribution in [1.29, 1.82) is 0 Å². The lowest BCUT2D eigenvalue weighted by atomic mass is 10.1. The van der Waals surface area contributed by atoms with Crippen LogP contribution in [-0.2, 0) is 4.79 Å². The molecule has 3 rings (SSSR count). The second-order valence-corrected chi connectivity index (χ2v) is 9.03. The summed E-state index contributed by atoms with van der Waals surface area (Å²) < 4.78 is 2.09. The van der Waals surface area contributed by atoms with Gasteiger partial charge < -0.3 is 5.32 Å². The second-order valence-electron chi connectivity index (χ2n) is 6.74. The summed E-state index contributed by atoms with van der Waals surface area (Å²) in [6.07, 6.45) is 0. The molecule has 0 saturated heterocycles. The molecule has 0 fully saturated rings. The number of amides is 1. The summed E-state index contributed by atoms with van der Waals surface area (Å²) in [5, 5.41) is 5.74. The standard InChI is InChI=1S/C18H18ClN3O2S2/c1-18(2,3)21-14(23)10-26-17-20-13-7-8-25-15(13)16(24)22(17)12-6-4-5-11(19)9-12/h4-9H,10H2,1-3H3,(H,21,23). The third-order valence-electron chi connectivity index (χ3n) is 3.36. The number of carbonyl (C=O) groups excluding carboxylic acids is 1. The normalized spacial score (nSPS) is 11.7. The summed E-state index contributed by atoms with van der Waals surface area (Å²) in [6.45, 7) is 5.77. The number of nitrogens with one attached hydrogen (secondary N) is 1. The first kappa shape index (κ1) is 18.9. The highest BCUT2D eigenvalue weighted by Gasteiger charge is 2.18. The SMILES string of the molecule is CC(C)(C)NC(=O)CSc1nc2ccsc2c(=O)n1-c1cccc(Cl)c1. The third kappa shape index (κ3) is 4.28. The average molecular weight is 408 g/mol. The fourth-order valence-electron chi connectivity index (χ4n) is 2.42. The van der Waals surface area contributed by atoms with Gasteiger partial charge in [-0.1, -0.05) is 29.4 Å². The molecule has 0 spiro atoms. The molecule has 0 aliphatic rings. The van der Waals surface area contributed by atoms with E-state index in [2.05, 4.69) is 10.3 Å². The quantitative estimate of drug-likeness (QED) is 0.522. The number of hydrogen-bond acceptors (Lipinski definition) is 5. The molecule has 0 unspecified atom stereocenters. The van der Waals surface area contributed by atoms with Crippen molar-refractivity contribution in [3.63, 3.8) is 0 Å². The Morgan fingerprint density at radius 1 is 1.35 bits per heavy atom. The zero-order chi connectivity index (χ0) is 18.9. The van der Waals surface area contributed by atoms with Gasteiger partial charge in [0.1, 0.15) is 4.70 Å². The van der Waals surface area contributed by atoms with Crippen LogP contribution in [0.25, 0.3) is 15.9 Å². The fraction of sp³-hybridized carbons (Fsp3) is 0.278. The number of carbonyl (C=O) groups is 1. The smallest absolute Gasteiger partial charge is 0.276 e. The van der Waals surface area contributed by atoms with Crippen LogP contribution in [0.1, 0.15) is 20.8 Å². The van der Waals surface area contributed by atoms with E-state index in [-0.39, 0.29) is 22.8 Å². The molecule has 0 bridgehead atoms. The molecule has 5 nitrogen and oxygen atoms in total. The van der Waals surface area contributed by atoms with Gasteiger partial charge in [-0.2, -0.15) is 0 Å². The number of thioether (sulfide) groups is 1. The predicted octanol–water partition coefficient (Wildman–Crippen LogP) is 4.11. The van der Waals surface area contributed by atoms with Crippen molar-refractivity contribution in [3.05, 3.63) is 51.1 Å². The van der Waals surface area contributed by atoms with Crippen LogP contribution in [-0.4, -0.2) is 26.8 Å². The molecular formula is C18H18ClN3O2S2. The maximum absolute atomic E-state index is 13.0. The molecule has 3 aromatic rings. The van der Waals surface area contributed by atoms with E-state index in [1.165, 1.54) is 27.7 Å². The highest BCUT2D eigenvalue weighted by Crippen LogP contribution is 2.24. The zero-order valence-electron chi connectivity index (χ0n) is 14.6. The van der Waals surface area contributed by atoms with E-state index in [1.54, 1.807) is 24.3 Å². The Bertz CT molecular complexity index is 1020. The Hall–Kier alpha value is -1.83. The lowest BCUT2D eigenvalue weighted by molar-refractivity contribution is -0.119. The molecule has 1 amide bonds. The van der Waals surface area contributed by atoms with E-state index in [9.17, 15) is 9.59 Å². The first-order valence-corrected chi connectivity index (χ1v) is 10.2. The molecule has 8 heteroatoms. The molecule has 1 N–H and O–H groups in total. The van der Waals surface area contributed by atoms with Crippen LogP contribution in [0.15, 0.2) is 45.7 Å². The van der Waals surface area contributed by atoms with Crippen molar-refractivity contribution < 1.29 is 4.79 Å². The second kappa shape index (κ2) is 7.42. The van der Waals surface area contributed by atoms with Gasteiger partial charge in [0.15, 0.2) is 5.16 Å². The van der Waals surface area contributed by atoms with Gasteiger partial charge in [0.05, 0.1) is 17.0 Å². The first-order valence-electron chi connectivity index (χ1n) is 7.94. The summed E-state index contributed by atoms with van der Waals surface area (Å²) in [7, 11) is 0. The lowest BCUT2D eigenvalue weighted by Crippen LogP contribution is -2.41. The molecule has 26 heavy (non-hydrogen) atoms. The number of fused-ring (bicyclic) bond motifs is 1. The Labute approximate surface area is 164 Å². The molecule has 2 aromatic heterocycles. The zero-order valence-corrected chi connectivity index (χ0v) is 17.0. The van der Waals surface area contributed by atoms with Crippen LogP contribution >= 0.6 is 34.7 Å². The molecule has 1 aromatic carbocycles.